The largest absolute Gasteiger partial charge is 0.324 e. The SMILES string of the molecule is O=C(Cn1nnc(-c2ccccc2-n2cnnn2)n1)Nc1cccc(F)c1. The van der Waals surface area contributed by atoms with Crippen molar-refractivity contribution < 1.29 is 9.18 Å². The first-order valence-electron chi connectivity index (χ1n) is 7.85. The molecular formula is C16H12FN9O. The van der Waals surface area contributed by atoms with Gasteiger partial charge in [-0.25, -0.2) is 4.39 Å². The van der Waals surface area contributed by atoms with Gasteiger partial charge in [-0.3, -0.25) is 4.79 Å². The highest BCUT2D eigenvalue weighted by atomic mass is 19.1. The van der Waals surface area contributed by atoms with E-state index in [1.54, 1.807) is 12.1 Å². The van der Waals surface area contributed by atoms with Crippen LogP contribution in [0.15, 0.2) is 54.9 Å². The summed E-state index contributed by atoms with van der Waals surface area (Å²) in [5, 5.41) is 25.8. The Balaban J connectivity index is 1.52. The summed E-state index contributed by atoms with van der Waals surface area (Å²) in [7, 11) is 0. The summed E-state index contributed by atoms with van der Waals surface area (Å²) < 4.78 is 14.7. The molecule has 0 bridgehead atoms. The Morgan fingerprint density at radius 3 is 2.81 bits per heavy atom. The third-order valence-electron chi connectivity index (χ3n) is 3.59. The van der Waals surface area contributed by atoms with Gasteiger partial charge >= 0.3 is 0 Å². The predicted octanol–water partition coefficient (Wildman–Crippen LogP) is 1.09. The molecule has 2 aromatic carbocycles. The summed E-state index contributed by atoms with van der Waals surface area (Å²) in [6.07, 6.45) is 1.45. The lowest BCUT2D eigenvalue weighted by Gasteiger charge is -2.05. The van der Waals surface area contributed by atoms with Crippen molar-refractivity contribution in [3.63, 3.8) is 0 Å². The van der Waals surface area contributed by atoms with Gasteiger partial charge in [0.1, 0.15) is 18.7 Å². The number of tetrazole rings is 2. The first-order chi connectivity index (χ1) is 13.2. The minimum absolute atomic E-state index is 0.170. The van der Waals surface area contributed by atoms with E-state index in [1.165, 1.54) is 29.2 Å². The number of carbonyl (C=O) groups excluding carboxylic acids is 1. The molecule has 0 fully saturated rings. The normalized spacial score (nSPS) is 10.7. The Bertz CT molecular complexity index is 1080. The zero-order valence-corrected chi connectivity index (χ0v) is 13.8. The van der Waals surface area contributed by atoms with Gasteiger partial charge in [0.15, 0.2) is 0 Å². The molecule has 2 heterocycles. The van der Waals surface area contributed by atoms with E-state index in [4.69, 9.17) is 0 Å². The zero-order chi connectivity index (χ0) is 18.6. The molecule has 2 aromatic heterocycles. The fourth-order valence-corrected chi connectivity index (χ4v) is 2.45. The van der Waals surface area contributed by atoms with Crippen LogP contribution in [0.1, 0.15) is 0 Å². The standard InChI is InChI=1S/C16H12FN9O/c17-11-4-3-5-12(8-11)19-15(27)9-26-21-16(20-23-26)13-6-1-2-7-14(13)25-10-18-22-24-25/h1-8,10H,9H2,(H,19,27). The van der Waals surface area contributed by atoms with E-state index in [1.807, 2.05) is 18.2 Å². The number of nitrogens with zero attached hydrogens (tertiary/aromatic N) is 8. The number of benzene rings is 2. The fraction of sp³-hybridized carbons (Fsp3) is 0.0625. The van der Waals surface area contributed by atoms with Crippen LogP contribution in [-0.4, -0.2) is 46.3 Å². The fourth-order valence-electron chi connectivity index (χ4n) is 2.45. The second-order valence-electron chi connectivity index (χ2n) is 5.47. The van der Waals surface area contributed by atoms with Gasteiger partial charge in [-0.2, -0.15) is 9.48 Å². The van der Waals surface area contributed by atoms with Gasteiger partial charge in [0.05, 0.1) is 5.69 Å². The number of aromatic nitrogens is 8. The van der Waals surface area contributed by atoms with Crippen molar-refractivity contribution in [3.8, 4) is 17.1 Å². The molecule has 0 spiro atoms. The molecule has 0 saturated heterocycles. The van der Waals surface area contributed by atoms with Crippen molar-refractivity contribution >= 4 is 11.6 Å². The van der Waals surface area contributed by atoms with Crippen LogP contribution in [0.4, 0.5) is 10.1 Å². The van der Waals surface area contributed by atoms with Gasteiger partial charge in [0.25, 0.3) is 0 Å². The summed E-state index contributed by atoms with van der Waals surface area (Å²) in [4.78, 5) is 13.3. The van der Waals surface area contributed by atoms with Gasteiger partial charge in [-0.15, -0.1) is 15.3 Å². The molecular weight excluding hydrogens is 353 g/mol. The lowest BCUT2D eigenvalue weighted by molar-refractivity contribution is -0.117. The summed E-state index contributed by atoms with van der Waals surface area (Å²) >= 11 is 0. The van der Waals surface area contributed by atoms with Crippen molar-refractivity contribution in [2.75, 3.05) is 5.32 Å². The molecule has 134 valence electrons. The minimum Gasteiger partial charge on any atom is -0.324 e. The molecule has 0 aliphatic carbocycles. The molecule has 0 aliphatic heterocycles. The monoisotopic (exact) mass is 365 g/mol. The maximum Gasteiger partial charge on any atom is 0.248 e. The number of para-hydroxylation sites is 1. The van der Waals surface area contributed by atoms with Crippen LogP contribution in [0, 0.1) is 5.82 Å². The molecule has 27 heavy (non-hydrogen) atoms. The molecule has 10 nitrogen and oxygen atoms in total. The number of amides is 1. The van der Waals surface area contributed by atoms with Gasteiger partial charge in [0.2, 0.25) is 11.7 Å². The highest BCUT2D eigenvalue weighted by Gasteiger charge is 2.14. The van der Waals surface area contributed by atoms with E-state index in [2.05, 4.69) is 36.3 Å². The number of nitrogens with one attached hydrogen (secondary N) is 1. The first-order valence-corrected chi connectivity index (χ1v) is 7.85. The topological polar surface area (TPSA) is 116 Å². The van der Waals surface area contributed by atoms with Crippen LogP contribution in [-0.2, 0) is 11.3 Å². The number of halogens is 1. The molecule has 4 rings (SSSR count). The van der Waals surface area contributed by atoms with E-state index in [9.17, 15) is 9.18 Å². The molecule has 1 amide bonds. The number of carbonyl (C=O) groups is 1. The molecule has 4 aromatic rings. The van der Waals surface area contributed by atoms with Crippen molar-refractivity contribution in [2.45, 2.75) is 6.54 Å². The maximum absolute atomic E-state index is 13.2. The molecule has 0 aliphatic rings. The average Bonchev–Trinajstić information content (AvgIpc) is 3.33. The van der Waals surface area contributed by atoms with Crippen molar-refractivity contribution in [1.29, 1.82) is 0 Å². The van der Waals surface area contributed by atoms with E-state index >= 15 is 0 Å². The molecule has 0 radical (unpaired) electrons. The third-order valence-corrected chi connectivity index (χ3v) is 3.59. The molecule has 0 atom stereocenters. The van der Waals surface area contributed by atoms with E-state index in [0.29, 0.717) is 22.8 Å². The predicted molar refractivity (Wildman–Crippen MR) is 91.0 cm³/mol. The highest BCUT2D eigenvalue weighted by molar-refractivity contribution is 5.90. The second kappa shape index (κ2) is 7.07. The summed E-state index contributed by atoms with van der Waals surface area (Å²) in [6.45, 7) is -0.170. The highest BCUT2D eigenvalue weighted by Crippen LogP contribution is 2.21. The van der Waals surface area contributed by atoms with Crippen LogP contribution in [0.3, 0.4) is 0 Å². The average molecular weight is 365 g/mol. The van der Waals surface area contributed by atoms with Gasteiger partial charge < -0.3 is 5.32 Å². The lowest BCUT2D eigenvalue weighted by Crippen LogP contribution is -2.20. The number of hydrogen-bond donors (Lipinski definition) is 1. The summed E-state index contributed by atoms with van der Waals surface area (Å²) in [5.41, 5.74) is 1.68. The van der Waals surface area contributed by atoms with E-state index in [0.717, 1.165) is 4.80 Å². The summed E-state index contributed by atoms with van der Waals surface area (Å²) in [5.74, 6) is -0.522. The van der Waals surface area contributed by atoms with Gasteiger partial charge in [-0.05, 0) is 46.0 Å². The van der Waals surface area contributed by atoms with Crippen LogP contribution in [0.2, 0.25) is 0 Å². The Hall–Kier alpha value is -4.02. The van der Waals surface area contributed by atoms with Crippen LogP contribution in [0.25, 0.3) is 17.1 Å². The van der Waals surface area contributed by atoms with Crippen molar-refractivity contribution in [2.24, 2.45) is 0 Å². The number of hydrogen-bond acceptors (Lipinski definition) is 7. The Kier molecular flexibility index (Phi) is 4.31. The quantitative estimate of drug-likeness (QED) is 0.563. The molecule has 0 unspecified atom stereocenters. The van der Waals surface area contributed by atoms with E-state index in [-0.39, 0.29) is 6.54 Å². The maximum atomic E-state index is 13.2. The third kappa shape index (κ3) is 3.66. The Morgan fingerprint density at radius 1 is 1.11 bits per heavy atom. The van der Waals surface area contributed by atoms with Gasteiger partial charge in [0, 0.05) is 11.3 Å². The van der Waals surface area contributed by atoms with Crippen LogP contribution < -0.4 is 5.32 Å². The minimum atomic E-state index is -0.437. The molecule has 11 heteroatoms. The smallest absolute Gasteiger partial charge is 0.248 e. The van der Waals surface area contributed by atoms with E-state index < -0.39 is 11.7 Å². The van der Waals surface area contributed by atoms with Gasteiger partial charge in [-0.1, -0.05) is 18.2 Å². The van der Waals surface area contributed by atoms with Crippen molar-refractivity contribution in [3.05, 3.63) is 60.7 Å². The second-order valence-corrected chi connectivity index (χ2v) is 5.47. The number of anilines is 1. The first kappa shape index (κ1) is 16.4. The summed E-state index contributed by atoms with van der Waals surface area (Å²) in [6, 6.07) is 12.9. The van der Waals surface area contributed by atoms with Crippen molar-refractivity contribution in [1.82, 2.24) is 40.4 Å². The van der Waals surface area contributed by atoms with Crippen LogP contribution >= 0.6 is 0 Å². The Morgan fingerprint density at radius 2 is 2.00 bits per heavy atom. The Labute approximate surface area is 151 Å². The van der Waals surface area contributed by atoms with Crippen LogP contribution in [0.5, 0.6) is 0 Å². The zero-order valence-electron chi connectivity index (χ0n) is 13.8. The number of rotatable bonds is 5. The molecule has 1 N–H and O–H groups in total. The lowest BCUT2D eigenvalue weighted by atomic mass is 10.1. The molecule has 0 saturated carbocycles.